The second-order valence-corrected chi connectivity index (χ2v) is 9.32. The monoisotopic (exact) mass is 533 g/mol. The first-order chi connectivity index (χ1) is 18.4. The second kappa shape index (κ2) is 8.68. The molecule has 0 fully saturated rings. The molecule has 0 bridgehead atoms. The molecule has 1 aromatic heterocycles. The summed E-state index contributed by atoms with van der Waals surface area (Å²) in [6.45, 7) is 5.55. The molecule has 5 N–H and O–H groups in total. The number of aromatic nitrogens is 4. The van der Waals surface area contributed by atoms with E-state index >= 15 is 0 Å². The molecule has 1 aliphatic heterocycles. The zero-order chi connectivity index (χ0) is 28.4. The highest BCUT2D eigenvalue weighted by atomic mass is 16.5. The molecular weight excluding hydrogens is 510 g/mol. The van der Waals surface area contributed by atoms with Gasteiger partial charge in [0.1, 0.15) is 34.0 Å². The van der Waals surface area contributed by atoms with E-state index in [1.54, 1.807) is 0 Å². The molecule has 5 rings (SSSR count). The first kappa shape index (κ1) is 25.4. The molecule has 2 aliphatic rings. The number of hydrogen-bond donors (Lipinski definition) is 5. The summed E-state index contributed by atoms with van der Waals surface area (Å²) in [6, 6.07) is 2.97. The molecule has 1 atom stereocenters. The van der Waals surface area contributed by atoms with E-state index in [2.05, 4.69) is 25.9 Å². The second-order valence-electron chi connectivity index (χ2n) is 9.32. The van der Waals surface area contributed by atoms with Crippen LogP contribution in [0.25, 0.3) is 11.4 Å². The van der Waals surface area contributed by atoms with Crippen molar-refractivity contribution in [3.05, 3.63) is 51.9 Å². The summed E-state index contributed by atoms with van der Waals surface area (Å²) in [5, 5.41) is 48.8. The lowest BCUT2D eigenvalue weighted by Crippen LogP contribution is -2.40. The Bertz CT molecular complexity index is 1670. The highest BCUT2D eigenvalue weighted by molar-refractivity contribution is 6.31. The van der Waals surface area contributed by atoms with Gasteiger partial charge in [-0.25, -0.2) is 0 Å². The first-order valence-electron chi connectivity index (χ1n) is 11.6. The van der Waals surface area contributed by atoms with E-state index in [9.17, 15) is 29.7 Å². The number of allylic oxidation sites excluding steroid dienone is 4. The fourth-order valence-electron chi connectivity index (χ4n) is 4.90. The van der Waals surface area contributed by atoms with E-state index in [0.717, 1.165) is 6.08 Å². The Kier molecular flexibility index (Phi) is 5.67. The molecule has 0 radical (unpaired) electrons. The van der Waals surface area contributed by atoms with Gasteiger partial charge in [0.15, 0.2) is 28.8 Å². The van der Waals surface area contributed by atoms with E-state index in [4.69, 9.17) is 9.47 Å². The molecule has 13 heteroatoms. The van der Waals surface area contributed by atoms with Crippen molar-refractivity contribution in [1.29, 1.82) is 0 Å². The minimum absolute atomic E-state index is 0.00889. The van der Waals surface area contributed by atoms with Gasteiger partial charge in [0.05, 0.1) is 23.9 Å². The number of carbonyl (C=O) groups excluding carboxylic acids is 3. The largest absolute Gasteiger partial charge is 0.507 e. The van der Waals surface area contributed by atoms with Crippen LogP contribution in [0.2, 0.25) is 0 Å². The Morgan fingerprint density at radius 3 is 2.46 bits per heavy atom. The number of hydrogen-bond acceptors (Lipinski definition) is 12. The minimum Gasteiger partial charge on any atom is -0.507 e. The van der Waals surface area contributed by atoms with Gasteiger partial charge in [0, 0.05) is 22.9 Å². The van der Waals surface area contributed by atoms with E-state index < -0.39 is 34.3 Å². The SMILES string of the molecule is COc1cc(-c2nn[nH]n2)cc(NC(C)=C2C(=O)C=C3Oc4c(C(C)=O)c(O)c(C)c(O)c4C3(C)C2=O)c1O. The third-order valence-electron chi connectivity index (χ3n) is 6.98. The molecule has 0 saturated heterocycles. The number of Topliss-reactive ketones (excluding diaryl/α,β-unsaturated/α-hetero) is 2. The van der Waals surface area contributed by atoms with Gasteiger partial charge in [-0.1, -0.05) is 0 Å². The van der Waals surface area contributed by atoms with Gasteiger partial charge >= 0.3 is 0 Å². The number of tetrazole rings is 1. The number of phenolic OH excluding ortho intramolecular Hbond substituents is 3. The summed E-state index contributed by atoms with van der Waals surface area (Å²) >= 11 is 0. The number of fused-ring (bicyclic) bond motifs is 3. The molecule has 2 heterocycles. The lowest BCUT2D eigenvalue weighted by Gasteiger charge is -2.29. The van der Waals surface area contributed by atoms with E-state index in [-0.39, 0.29) is 62.5 Å². The summed E-state index contributed by atoms with van der Waals surface area (Å²) in [5.41, 5.74) is -1.59. The third-order valence-corrected chi connectivity index (χ3v) is 6.98. The number of rotatable bonds is 5. The molecule has 1 aliphatic carbocycles. The Morgan fingerprint density at radius 2 is 1.85 bits per heavy atom. The quantitative estimate of drug-likeness (QED) is 0.139. The number of aromatic amines is 1. The fourth-order valence-corrected chi connectivity index (χ4v) is 4.90. The molecule has 39 heavy (non-hydrogen) atoms. The van der Waals surface area contributed by atoms with Crippen molar-refractivity contribution in [1.82, 2.24) is 20.6 Å². The molecule has 1 unspecified atom stereocenters. The molecule has 200 valence electrons. The average Bonchev–Trinajstić information content (AvgIpc) is 3.51. The van der Waals surface area contributed by atoms with Crippen molar-refractivity contribution in [3.63, 3.8) is 0 Å². The number of carbonyl (C=O) groups is 3. The maximum atomic E-state index is 14.0. The van der Waals surface area contributed by atoms with Crippen LogP contribution in [0.3, 0.4) is 0 Å². The topological polar surface area (TPSA) is 197 Å². The number of phenols is 3. The van der Waals surface area contributed by atoms with Gasteiger partial charge in [-0.3, -0.25) is 14.4 Å². The standard InChI is InChI=1S/C26H23N5O8/c1-9-20(34)18(11(3)32)23-19(21(9)35)26(4)16(39-23)8-14(33)17(24(26)37)10(2)27-13-6-12(25-28-30-31-29-25)7-15(38-5)22(13)36/h6-8,27,34-36H,1-5H3,(H,28,29,30,31). The fraction of sp³-hybridized carbons (Fsp3) is 0.231. The minimum atomic E-state index is -1.68. The Morgan fingerprint density at radius 1 is 1.13 bits per heavy atom. The molecule has 0 saturated carbocycles. The van der Waals surface area contributed by atoms with Crippen LogP contribution in [0.1, 0.15) is 42.3 Å². The van der Waals surface area contributed by atoms with Crippen LogP contribution >= 0.6 is 0 Å². The Labute approximate surface area is 220 Å². The summed E-state index contributed by atoms with van der Waals surface area (Å²) in [7, 11) is 1.35. The van der Waals surface area contributed by atoms with Gasteiger partial charge < -0.3 is 30.1 Å². The molecule has 13 nitrogen and oxygen atoms in total. The van der Waals surface area contributed by atoms with Crippen LogP contribution in [0, 0.1) is 6.92 Å². The predicted octanol–water partition coefficient (Wildman–Crippen LogP) is 2.58. The molecule has 0 amide bonds. The summed E-state index contributed by atoms with van der Waals surface area (Å²) in [6.07, 6.45) is 1.10. The van der Waals surface area contributed by atoms with Crippen LogP contribution in [-0.4, -0.2) is 60.4 Å². The maximum Gasteiger partial charge on any atom is 0.204 e. The number of methoxy groups -OCH3 is 1. The van der Waals surface area contributed by atoms with Crippen LogP contribution in [-0.2, 0) is 15.0 Å². The normalized spacial score (nSPS) is 19.2. The maximum absolute atomic E-state index is 14.0. The highest BCUT2D eigenvalue weighted by Gasteiger charge is 2.56. The van der Waals surface area contributed by atoms with Gasteiger partial charge in [0.2, 0.25) is 5.82 Å². The number of ketones is 3. The van der Waals surface area contributed by atoms with Crippen LogP contribution in [0.5, 0.6) is 28.7 Å². The predicted molar refractivity (Wildman–Crippen MR) is 135 cm³/mol. The van der Waals surface area contributed by atoms with Crippen molar-refractivity contribution in [2.45, 2.75) is 33.1 Å². The number of aromatic hydroxyl groups is 3. The number of H-pyrrole nitrogens is 1. The van der Waals surface area contributed by atoms with Crippen LogP contribution in [0.4, 0.5) is 5.69 Å². The molecular formula is C26H23N5O8. The third kappa shape index (κ3) is 3.54. The molecule has 2 aromatic carbocycles. The van der Waals surface area contributed by atoms with Crippen molar-refractivity contribution >= 4 is 23.0 Å². The van der Waals surface area contributed by atoms with Crippen molar-refractivity contribution in [2.75, 3.05) is 12.4 Å². The number of nitrogens with zero attached hydrogens (tertiary/aromatic N) is 3. The van der Waals surface area contributed by atoms with Gasteiger partial charge in [-0.05, 0) is 45.0 Å². The van der Waals surface area contributed by atoms with Crippen LogP contribution < -0.4 is 14.8 Å². The molecule has 3 aromatic rings. The van der Waals surface area contributed by atoms with Crippen LogP contribution in [0.15, 0.2) is 35.2 Å². The van der Waals surface area contributed by atoms with Gasteiger partial charge in [0.25, 0.3) is 0 Å². The number of nitrogens with one attached hydrogen (secondary N) is 2. The van der Waals surface area contributed by atoms with Crippen molar-refractivity contribution < 1.29 is 39.2 Å². The average molecular weight is 533 g/mol. The summed E-state index contributed by atoms with van der Waals surface area (Å²) in [5.74, 6) is -3.15. The summed E-state index contributed by atoms with van der Waals surface area (Å²) < 4.78 is 11.0. The van der Waals surface area contributed by atoms with E-state index in [1.165, 1.54) is 46.9 Å². The number of ether oxygens (including phenoxy) is 2. The zero-order valence-electron chi connectivity index (χ0n) is 21.5. The van der Waals surface area contributed by atoms with Crippen molar-refractivity contribution in [3.8, 4) is 40.1 Å². The van der Waals surface area contributed by atoms with Gasteiger partial charge in [-0.2, -0.15) is 5.21 Å². The lowest BCUT2D eigenvalue weighted by atomic mass is 9.70. The Hall–Kier alpha value is -5.20. The highest BCUT2D eigenvalue weighted by Crippen LogP contribution is 2.57. The van der Waals surface area contributed by atoms with Gasteiger partial charge in [-0.15, -0.1) is 10.2 Å². The van der Waals surface area contributed by atoms with E-state index in [1.807, 2.05) is 0 Å². The number of anilines is 1. The Balaban J connectivity index is 1.65. The smallest absolute Gasteiger partial charge is 0.204 e. The number of benzene rings is 2. The van der Waals surface area contributed by atoms with E-state index in [0.29, 0.717) is 5.56 Å². The lowest BCUT2D eigenvalue weighted by molar-refractivity contribution is -0.123. The first-order valence-corrected chi connectivity index (χ1v) is 11.6. The summed E-state index contributed by atoms with van der Waals surface area (Å²) in [4.78, 5) is 39.6. The van der Waals surface area contributed by atoms with Crippen molar-refractivity contribution in [2.24, 2.45) is 0 Å². The molecule has 0 spiro atoms. The zero-order valence-corrected chi connectivity index (χ0v) is 21.5.